The van der Waals surface area contributed by atoms with Gasteiger partial charge >= 0.3 is 0 Å². The predicted molar refractivity (Wildman–Crippen MR) is 64.8 cm³/mol. The Labute approximate surface area is 94.7 Å². The Morgan fingerprint density at radius 2 is 1.93 bits per heavy atom. The number of piperidine rings is 1. The average molecular weight is 213 g/mol. The van der Waals surface area contributed by atoms with Gasteiger partial charge in [0.2, 0.25) is 0 Å². The molecular weight excluding hydrogens is 186 g/mol. The Morgan fingerprint density at radius 3 is 2.40 bits per heavy atom. The van der Waals surface area contributed by atoms with Crippen molar-refractivity contribution in [3.63, 3.8) is 0 Å². The zero-order valence-corrected chi connectivity index (χ0v) is 11.0. The fourth-order valence-electron chi connectivity index (χ4n) is 2.13. The van der Waals surface area contributed by atoms with E-state index in [4.69, 9.17) is 0 Å². The van der Waals surface area contributed by atoms with Crippen LogP contribution in [0.3, 0.4) is 0 Å². The fraction of sp³-hybridized carbons (Fsp3) is 1.00. The Kier molecular flexibility index (Phi) is 4.19. The molecule has 2 nitrogen and oxygen atoms in total. The van der Waals surface area contributed by atoms with Crippen LogP contribution in [0.5, 0.6) is 0 Å². The van der Waals surface area contributed by atoms with E-state index >= 15 is 0 Å². The molecule has 3 atom stereocenters. The van der Waals surface area contributed by atoms with Gasteiger partial charge in [-0.15, -0.1) is 0 Å². The lowest BCUT2D eigenvalue weighted by Crippen LogP contribution is -2.49. The van der Waals surface area contributed by atoms with E-state index < -0.39 is 5.60 Å². The van der Waals surface area contributed by atoms with Crippen molar-refractivity contribution in [3.8, 4) is 0 Å². The van der Waals surface area contributed by atoms with Crippen molar-refractivity contribution in [1.82, 2.24) is 4.90 Å². The third kappa shape index (κ3) is 3.46. The maximum Gasteiger partial charge on any atom is 0.0768 e. The molecule has 1 rings (SSSR count). The highest BCUT2D eigenvalue weighted by Crippen LogP contribution is 2.25. The lowest BCUT2D eigenvalue weighted by molar-refractivity contribution is -0.0313. The SMILES string of the molecule is CC1CCN(CC(C)(O)C(C)C)CC1C. The lowest BCUT2D eigenvalue weighted by atomic mass is 9.86. The van der Waals surface area contributed by atoms with Crippen molar-refractivity contribution < 1.29 is 5.11 Å². The fourth-order valence-corrected chi connectivity index (χ4v) is 2.13. The number of aliphatic hydroxyl groups is 1. The van der Waals surface area contributed by atoms with Crippen molar-refractivity contribution in [1.29, 1.82) is 0 Å². The molecule has 0 amide bonds. The molecule has 90 valence electrons. The zero-order chi connectivity index (χ0) is 11.6. The molecule has 0 saturated carbocycles. The number of β-amino-alcohol motifs (C(OH)–C–C–N with tert-alkyl or cyclic N) is 1. The van der Waals surface area contributed by atoms with E-state index in [-0.39, 0.29) is 0 Å². The van der Waals surface area contributed by atoms with Gasteiger partial charge < -0.3 is 10.0 Å². The van der Waals surface area contributed by atoms with Gasteiger partial charge in [-0.25, -0.2) is 0 Å². The quantitative estimate of drug-likeness (QED) is 0.778. The summed E-state index contributed by atoms with van der Waals surface area (Å²) >= 11 is 0. The average Bonchev–Trinajstić information content (AvgIpc) is 2.10. The summed E-state index contributed by atoms with van der Waals surface area (Å²) in [6.07, 6.45) is 1.27. The molecule has 1 saturated heterocycles. The van der Waals surface area contributed by atoms with E-state index in [2.05, 4.69) is 32.6 Å². The third-order valence-electron chi connectivity index (χ3n) is 4.21. The van der Waals surface area contributed by atoms with Crippen LogP contribution in [0.4, 0.5) is 0 Å². The molecule has 2 heteroatoms. The smallest absolute Gasteiger partial charge is 0.0768 e. The van der Waals surface area contributed by atoms with Crippen LogP contribution in [0, 0.1) is 17.8 Å². The highest BCUT2D eigenvalue weighted by atomic mass is 16.3. The summed E-state index contributed by atoms with van der Waals surface area (Å²) in [5, 5.41) is 10.3. The normalized spacial score (nSPS) is 33.0. The summed E-state index contributed by atoms with van der Waals surface area (Å²) in [7, 11) is 0. The van der Waals surface area contributed by atoms with Crippen LogP contribution in [-0.4, -0.2) is 35.2 Å². The molecular formula is C13H27NO. The lowest BCUT2D eigenvalue weighted by Gasteiger charge is -2.40. The van der Waals surface area contributed by atoms with Crippen molar-refractivity contribution in [2.75, 3.05) is 19.6 Å². The van der Waals surface area contributed by atoms with E-state index in [1.165, 1.54) is 6.42 Å². The minimum Gasteiger partial charge on any atom is -0.389 e. The van der Waals surface area contributed by atoms with Crippen LogP contribution in [0.1, 0.15) is 41.0 Å². The first-order chi connectivity index (χ1) is 6.83. The van der Waals surface area contributed by atoms with Gasteiger partial charge in [0, 0.05) is 13.1 Å². The van der Waals surface area contributed by atoms with Gasteiger partial charge in [-0.2, -0.15) is 0 Å². The maximum atomic E-state index is 10.3. The summed E-state index contributed by atoms with van der Waals surface area (Å²) in [5.74, 6) is 1.93. The van der Waals surface area contributed by atoms with Crippen LogP contribution in [0.15, 0.2) is 0 Å². The minimum absolute atomic E-state index is 0.326. The molecule has 0 bridgehead atoms. The van der Waals surface area contributed by atoms with Gasteiger partial charge in [0.25, 0.3) is 0 Å². The van der Waals surface area contributed by atoms with Crippen LogP contribution in [-0.2, 0) is 0 Å². The second kappa shape index (κ2) is 4.84. The van der Waals surface area contributed by atoms with Crippen molar-refractivity contribution in [2.24, 2.45) is 17.8 Å². The summed E-state index contributed by atoms with van der Waals surface area (Å²) in [4.78, 5) is 2.42. The number of nitrogens with zero attached hydrogens (tertiary/aromatic N) is 1. The summed E-state index contributed by atoms with van der Waals surface area (Å²) < 4.78 is 0. The second-order valence-electron chi connectivity index (χ2n) is 5.99. The van der Waals surface area contributed by atoms with Gasteiger partial charge in [-0.3, -0.25) is 0 Å². The Hall–Kier alpha value is -0.0800. The highest BCUT2D eigenvalue weighted by Gasteiger charge is 2.31. The first-order valence-corrected chi connectivity index (χ1v) is 6.27. The van der Waals surface area contributed by atoms with E-state index in [0.29, 0.717) is 5.92 Å². The molecule has 15 heavy (non-hydrogen) atoms. The molecule has 1 aliphatic heterocycles. The first-order valence-electron chi connectivity index (χ1n) is 6.27. The molecule has 0 aliphatic carbocycles. The van der Waals surface area contributed by atoms with Crippen LogP contribution in [0.2, 0.25) is 0 Å². The molecule has 0 radical (unpaired) electrons. The Morgan fingerprint density at radius 1 is 1.33 bits per heavy atom. The third-order valence-corrected chi connectivity index (χ3v) is 4.21. The second-order valence-corrected chi connectivity index (χ2v) is 5.99. The van der Waals surface area contributed by atoms with E-state index in [1.807, 2.05) is 6.92 Å². The predicted octanol–water partition coefficient (Wildman–Crippen LogP) is 2.37. The molecule has 0 aromatic heterocycles. The highest BCUT2D eigenvalue weighted by molar-refractivity contribution is 4.84. The summed E-state index contributed by atoms with van der Waals surface area (Å²) in [5.41, 5.74) is -0.541. The first kappa shape index (κ1) is 13.0. The maximum absolute atomic E-state index is 10.3. The van der Waals surface area contributed by atoms with Crippen LogP contribution in [0.25, 0.3) is 0 Å². The van der Waals surface area contributed by atoms with Gasteiger partial charge in [-0.1, -0.05) is 27.7 Å². The minimum atomic E-state index is -0.541. The van der Waals surface area contributed by atoms with Crippen molar-refractivity contribution >= 4 is 0 Å². The number of rotatable bonds is 3. The van der Waals surface area contributed by atoms with E-state index in [0.717, 1.165) is 31.5 Å². The Bertz CT molecular complexity index is 201. The molecule has 1 N–H and O–H groups in total. The largest absolute Gasteiger partial charge is 0.389 e. The zero-order valence-electron chi connectivity index (χ0n) is 11.0. The monoisotopic (exact) mass is 213 g/mol. The van der Waals surface area contributed by atoms with Crippen molar-refractivity contribution in [3.05, 3.63) is 0 Å². The molecule has 1 heterocycles. The summed E-state index contributed by atoms with van der Waals surface area (Å²) in [6.45, 7) is 13.9. The molecule has 1 aliphatic rings. The molecule has 1 fully saturated rings. The van der Waals surface area contributed by atoms with Gasteiger partial charge in [0.15, 0.2) is 0 Å². The number of hydrogen-bond acceptors (Lipinski definition) is 2. The van der Waals surface area contributed by atoms with Crippen LogP contribution < -0.4 is 0 Å². The van der Waals surface area contributed by atoms with Crippen molar-refractivity contribution in [2.45, 2.75) is 46.6 Å². The number of hydrogen-bond donors (Lipinski definition) is 1. The molecule has 0 spiro atoms. The van der Waals surface area contributed by atoms with Gasteiger partial charge in [-0.05, 0) is 37.6 Å². The van der Waals surface area contributed by atoms with Gasteiger partial charge in [0.05, 0.1) is 5.60 Å². The summed E-state index contributed by atoms with van der Waals surface area (Å²) in [6, 6.07) is 0. The molecule has 0 aromatic carbocycles. The standard InChI is InChI=1S/C13H27NO/c1-10(2)13(5,15)9-14-7-6-11(3)12(4)8-14/h10-12,15H,6-9H2,1-5H3. The topological polar surface area (TPSA) is 23.5 Å². The van der Waals surface area contributed by atoms with Gasteiger partial charge in [0.1, 0.15) is 0 Å². The molecule has 3 unspecified atom stereocenters. The Balaban J connectivity index is 2.46. The van der Waals surface area contributed by atoms with E-state index in [9.17, 15) is 5.11 Å². The molecule has 0 aromatic rings. The van der Waals surface area contributed by atoms with E-state index in [1.54, 1.807) is 0 Å². The number of likely N-dealkylation sites (tertiary alicyclic amines) is 1. The van der Waals surface area contributed by atoms with Crippen LogP contribution >= 0.6 is 0 Å².